The minimum Gasteiger partial charge on any atom is -0.294 e. The first-order chi connectivity index (χ1) is 7.58. The van der Waals surface area contributed by atoms with E-state index in [0.717, 1.165) is 9.75 Å². The standard InChI is InChI=1S/C13H11FOS/c1-8-3-6-13(16-8)12-7-10(14)4-5-11(12)9(2)15/h3-7H,1-2H3. The zero-order chi connectivity index (χ0) is 11.7. The molecule has 0 aliphatic rings. The van der Waals surface area contributed by atoms with Crippen LogP contribution in [0.4, 0.5) is 4.39 Å². The second-order valence-corrected chi connectivity index (χ2v) is 4.94. The van der Waals surface area contributed by atoms with Crippen LogP contribution in [0, 0.1) is 12.7 Å². The van der Waals surface area contributed by atoms with Crippen LogP contribution in [0.2, 0.25) is 0 Å². The van der Waals surface area contributed by atoms with Gasteiger partial charge in [-0.2, -0.15) is 0 Å². The summed E-state index contributed by atoms with van der Waals surface area (Å²) in [6, 6.07) is 8.17. The lowest BCUT2D eigenvalue weighted by Crippen LogP contribution is -1.95. The highest BCUT2D eigenvalue weighted by Crippen LogP contribution is 2.31. The lowest BCUT2D eigenvalue weighted by Gasteiger charge is -2.04. The molecule has 1 aromatic carbocycles. The van der Waals surface area contributed by atoms with E-state index in [1.807, 2.05) is 19.1 Å². The van der Waals surface area contributed by atoms with Crippen molar-refractivity contribution >= 4 is 17.1 Å². The summed E-state index contributed by atoms with van der Waals surface area (Å²) in [6.45, 7) is 3.48. The van der Waals surface area contributed by atoms with Gasteiger partial charge in [0.1, 0.15) is 5.82 Å². The Bertz CT molecular complexity index is 543. The van der Waals surface area contributed by atoms with Gasteiger partial charge in [-0.05, 0) is 44.2 Å². The number of halogens is 1. The van der Waals surface area contributed by atoms with Gasteiger partial charge in [0.05, 0.1) is 0 Å². The third kappa shape index (κ3) is 2.04. The zero-order valence-electron chi connectivity index (χ0n) is 9.08. The van der Waals surface area contributed by atoms with Gasteiger partial charge >= 0.3 is 0 Å². The molecule has 1 heterocycles. The maximum Gasteiger partial charge on any atom is 0.160 e. The fourth-order valence-electron chi connectivity index (χ4n) is 1.61. The highest BCUT2D eigenvalue weighted by Gasteiger charge is 2.11. The molecule has 0 fully saturated rings. The van der Waals surface area contributed by atoms with Crippen LogP contribution >= 0.6 is 11.3 Å². The molecular weight excluding hydrogens is 223 g/mol. The van der Waals surface area contributed by atoms with Crippen molar-refractivity contribution < 1.29 is 9.18 Å². The van der Waals surface area contributed by atoms with E-state index in [1.54, 1.807) is 17.4 Å². The van der Waals surface area contributed by atoms with Crippen molar-refractivity contribution in [1.82, 2.24) is 0 Å². The molecule has 0 atom stereocenters. The molecule has 3 heteroatoms. The van der Waals surface area contributed by atoms with Crippen LogP contribution in [-0.4, -0.2) is 5.78 Å². The number of Topliss-reactive ketones (excluding diaryl/α,β-unsaturated/α-hetero) is 1. The first kappa shape index (κ1) is 11.0. The van der Waals surface area contributed by atoms with Crippen LogP contribution < -0.4 is 0 Å². The van der Waals surface area contributed by atoms with E-state index in [1.165, 1.54) is 19.1 Å². The van der Waals surface area contributed by atoms with E-state index < -0.39 is 0 Å². The molecule has 0 aliphatic heterocycles. The van der Waals surface area contributed by atoms with E-state index >= 15 is 0 Å². The maximum atomic E-state index is 13.2. The van der Waals surface area contributed by atoms with Crippen LogP contribution in [0.5, 0.6) is 0 Å². The Hall–Kier alpha value is -1.48. The molecule has 0 saturated carbocycles. The molecule has 0 radical (unpaired) electrons. The summed E-state index contributed by atoms with van der Waals surface area (Å²) in [7, 11) is 0. The minimum atomic E-state index is -0.314. The van der Waals surface area contributed by atoms with Crippen LogP contribution in [-0.2, 0) is 0 Å². The summed E-state index contributed by atoms with van der Waals surface area (Å²) in [4.78, 5) is 13.5. The van der Waals surface area contributed by atoms with Crippen molar-refractivity contribution in [2.45, 2.75) is 13.8 Å². The Kier molecular flexibility index (Phi) is 2.88. The second kappa shape index (κ2) is 4.18. The maximum absolute atomic E-state index is 13.2. The number of ketones is 1. The second-order valence-electron chi connectivity index (χ2n) is 3.66. The average molecular weight is 234 g/mol. The van der Waals surface area contributed by atoms with Gasteiger partial charge in [0.25, 0.3) is 0 Å². The molecule has 0 aliphatic carbocycles. The Labute approximate surface area is 97.6 Å². The van der Waals surface area contributed by atoms with E-state index in [-0.39, 0.29) is 11.6 Å². The van der Waals surface area contributed by atoms with Gasteiger partial charge in [-0.25, -0.2) is 4.39 Å². The van der Waals surface area contributed by atoms with Crippen molar-refractivity contribution in [3.8, 4) is 10.4 Å². The Morgan fingerprint density at radius 3 is 2.56 bits per heavy atom. The van der Waals surface area contributed by atoms with Gasteiger partial charge in [0.2, 0.25) is 0 Å². The van der Waals surface area contributed by atoms with Gasteiger partial charge in [-0.1, -0.05) is 0 Å². The lowest BCUT2D eigenvalue weighted by molar-refractivity contribution is 0.101. The largest absolute Gasteiger partial charge is 0.294 e. The highest BCUT2D eigenvalue weighted by molar-refractivity contribution is 7.15. The molecule has 82 valence electrons. The third-order valence-electron chi connectivity index (χ3n) is 2.37. The normalized spacial score (nSPS) is 10.4. The van der Waals surface area contributed by atoms with E-state index in [4.69, 9.17) is 0 Å². The van der Waals surface area contributed by atoms with Crippen LogP contribution in [0.25, 0.3) is 10.4 Å². The van der Waals surface area contributed by atoms with Gasteiger partial charge in [0.15, 0.2) is 5.78 Å². The topological polar surface area (TPSA) is 17.1 Å². The number of hydrogen-bond acceptors (Lipinski definition) is 2. The van der Waals surface area contributed by atoms with Gasteiger partial charge in [-0.15, -0.1) is 11.3 Å². The fourth-order valence-corrected chi connectivity index (χ4v) is 2.50. The zero-order valence-corrected chi connectivity index (χ0v) is 9.90. The minimum absolute atomic E-state index is 0.0407. The molecule has 0 amide bonds. The van der Waals surface area contributed by atoms with Gasteiger partial charge in [-0.3, -0.25) is 4.79 Å². The van der Waals surface area contributed by atoms with E-state index in [0.29, 0.717) is 11.1 Å². The highest BCUT2D eigenvalue weighted by atomic mass is 32.1. The number of benzene rings is 1. The molecule has 0 saturated heterocycles. The predicted octanol–water partition coefficient (Wildman–Crippen LogP) is 4.07. The fraction of sp³-hybridized carbons (Fsp3) is 0.154. The van der Waals surface area contributed by atoms with Crippen molar-refractivity contribution in [2.24, 2.45) is 0 Å². The summed E-state index contributed by atoms with van der Waals surface area (Å²) in [5, 5.41) is 0. The van der Waals surface area contributed by atoms with E-state index in [2.05, 4.69) is 0 Å². The molecule has 2 rings (SSSR count). The third-order valence-corrected chi connectivity index (χ3v) is 3.40. The molecule has 0 spiro atoms. The summed E-state index contributed by atoms with van der Waals surface area (Å²) < 4.78 is 13.2. The summed E-state index contributed by atoms with van der Waals surface area (Å²) in [5.74, 6) is -0.355. The number of thiophene rings is 1. The molecule has 2 aromatic rings. The Balaban J connectivity index is 2.62. The number of carbonyl (C=O) groups is 1. The molecule has 1 aromatic heterocycles. The first-order valence-electron chi connectivity index (χ1n) is 4.95. The smallest absolute Gasteiger partial charge is 0.160 e. The molecule has 1 nitrogen and oxygen atoms in total. The molecular formula is C13H11FOS. The molecule has 0 N–H and O–H groups in total. The summed E-state index contributed by atoms with van der Waals surface area (Å²) >= 11 is 1.56. The van der Waals surface area contributed by atoms with Gasteiger partial charge in [0, 0.05) is 20.9 Å². The summed E-state index contributed by atoms with van der Waals surface area (Å²) in [6.07, 6.45) is 0. The molecule has 0 unspecified atom stereocenters. The predicted molar refractivity (Wildman–Crippen MR) is 64.5 cm³/mol. The number of carbonyl (C=O) groups excluding carboxylic acids is 1. The van der Waals surface area contributed by atoms with Crippen LogP contribution in [0.1, 0.15) is 22.2 Å². The molecule has 0 bridgehead atoms. The first-order valence-corrected chi connectivity index (χ1v) is 5.77. The summed E-state index contributed by atoms with van der Waals surface area (Å²) in [5.41, 5.74) is 1.26. The Morgan fingerprint density at radius 1 is 1.25 bits per heavy atom. The van der Waals surface area contributed by atoms with E-state index in [9.17, 15) is 9.18 Å². The number of aryl methyl sites for hydroxylation is 1. The lowest BCUT2D eigenvalue weighted by atomic mass is 10.0. The monoisotopic (exact) mass is 234 g/mol. The van der Waals surface area contributed by atoms with Crippen molar-refractivity contribution in [3.05, 3.63) is 46.6 Å². The van der Waals surface area contributed by atoms with Gasteiger partial charge < -0.3 is 0 Å². The average Bonchev–Trinajstić information content (AvgIpc) is 2.64. The molecule has 16 heavy (non-hydrogen) atoms. The quantitative estimate of drug-likeness (QED) is 0.716. The Morgan fingerprint density at radius 2 is 2.00 bits per heavy atom. The van der Waals surface area contributed by atoms with Crippen LogP contribution in [0.15, 0.2) is 30.3 Å². The van der Waals surface area contributed by atoms with Crippen molar-refractivity contribution in [3.63, 3.8) is 0 Å². The number of hydrogen-bond donors (Lipinski definition) is 0. The number of rotatable bonds is 2. The van der Waals surface area contributed by atoms with Crippen LogP contribution in [0.3, 0.4) is 0 Å². The SMILES string of the molecule is CC(=O)c1ccc(F)cc1-c1ccc(C)s1. The van der Waals surface area contributed by atoms with Crippen molar-refractivity contribution in [2.75, 3.05) is 0 Å². The van der Waals surface area contributed by atoms with Crippen molar-refractivity contribution in [1.29, 1.82) is 0 Å².